The molecule has 0 saturated heterocycles. The Morgan fingerprint density at radius 1 is 1.44 bits per heavy atom. The number of carboxylic acid groups (broad SMARTS) is 1. The van der Waals surface area contributed by atoms with E-state index in [1.807, 2.05) is 13.8 Å². The van der Waals surface area contributed by atoms with Gasteiger partial charge in [-0.05, 0) is 18.1 Å². The molecule has 0 amide bonds. The molecule has 2 rings (SSSR count). The molecule has 2 N–H and O–H groups in total. The van der Waals surface area contributed by atoms with Crippen LogP contribution >= 0.6 is 0 Å². The topological polar surface area (TPSA) is 75.3 Å². The van der Waals surface area contributed by atoms with Crippen molar-refractivity contribution in [1.29, 1.82) is 0 Å². The first-order chi connectivity index (χ1) is 8.56. The van der Waals surface area contributed by atoms with Gasteiger partial charge in [-0.25, -0.2) is 9.78 Å². The lowest BCUT2D eigenvalue weighted by atomic mass is 10.0. The maximum absolute atomic E-state index is 11.2. The van der Waals surface area contributed by atoms with Crippen LogP contribution in [0.2, 0.25) is 0 Å². The van der Waals surface area contributed by atoms with E-state index in [1.165, 1.54) is 0 Å². The molecule has 0 radical (unpaired) electrons. The van der Waals surface area contributed by atoms with E-state index >= 15 is 0 Å². The van der Waals surface area contributed by atoms with Gasteiger partial charge in [-0.3, -0.25) is 0 Å². The fourth-order valence-corrected chi connectivity index (χ4v) is 2.13. The molecule has 0 aliphatic rings. The van der Waals surface area contributed by atoms with Crippen LogP contribution in [-0.2, 0) is 0 Å². The number of carboxylic acids is 1. The highest BCUT2D eigenvalue weighted by Gasteiger charge is 2.20. The van der Waals surface area contributed by atoms with Crippen LogP contribution in [0.15, 0.2) is 24.5 Å². The molecule has 0 saturated carbocycles. The Morgan fingerprint density at radius 3 is 2.72 bits per heavy atom. The minimum Gasteiger partial charge on any atom is -0.478 e. The summed E-state index contributed by atoms with van der Waals surface area (Å²) in [6.07, 6.45) is 1.60. The summed E-state index contributed by atoms with van der Waals surface area (Å²) in [5, 5.41) is 18.7. The second kappa shape index (κ2) is 4.78. The second-order valence-electron chi connectivity index (χ2n) is 4.62. The Kier molecular flexibility index (Phi) is 3.34. The lowest BCUT2D eigenvalue weighted by molar-refractivity contribution is 0.0698. The van der Waals surface area contributed by atoms with E-state index in [0.717, 1.165) is 0 Å². The molecule has 2 aromatic rings. The van der Waals surface area contributed by atoms with Crippen molar-refractivity contribution in [2.24, 2.45) is 5.92 Å². The lowest BCUT2D eigenvalue weighted by Gasteiger charge is -2.21. The molecule has 96 valence electrons. The van der Waals surface area contributed by atoms with Gasteiger partial charge in [0, 0.05) is 0 Å². The van der Waals surface area contributed by atoms with Gasteiger partial charge in [0.1, 0.15) is 0 Å². The molecular weight excluding hydrogens is 232 g/mol. The summed E-state index contributed by atoms with van der Waals surface area (Å²) in [4.78, 5) is 15.4. The third-order valence-electron chi connectivity index (χ3n) is 3.14. The number of para-hydroxylation sites is 1. The van der Waals surface area contributed by atoms with E-state index in [1.54, 1.807) is 29.1 Å². The van der Waals surface area contributed by atoms with E-state index in [-0.39, 0.29) is 24.1 Å². The predicted octanol–water partition coefficient (Wildman–Crippen LogP) is 1.92. The highest BCUT2D eigenvalue weighted by atomic mass is 16.4. The van der Waals surface area contributed by atoms with Crippen LogP contribution < -0.4 is 0 Å². The normalized spacial score (nSPS) is 13.1. The molecule has 1 atom stereocenters. The molecule has 5 nitrogen and oxygen atoms in total. The maximum Gasteiger partial charge on any atom is 0.337 e. The van der Waals surface area contributed by atoms with E-state index in [2.05, 4.69) is 4.98 Å². The molecule has 18 heavy (non-hydrogen) atoms. The summed E-state index contributed by atoms with van der Waals surface area (Å²) in [6, 6.07) is 4.83. The average molecular weight is 248 g/mol. The van der Waals surface area contributed by atoms with Gasteiger partial charge < -0.3 is 14.8 Å². The number of fused-ring (bicyclic) bond motifs is 1. The number of aliphatic hydroxyl groups excluding tert-OH is 1. The number of aromatic nitrogens is 2. The summed E-state index contributed by atoms with van der Waals surface area (Å²) in [5.41, 5.74) is 1.41. The zero-order valence-electron chi connectivity index (χ0n) is 10.4. The van der Waals surface area contributed by atoms with Gasteiger partial charge in [-0.1, -0.05) is 19.9 Å². The van der Waals surface area contributed by atoms with Crippen molar-refractivity contribution in [3.05, 3.63) is 30.1 Å². The number of carbonyl (C=O) groups is 1. The summed E-state index contributed by atoms with van der Waals surface area (Å²) in [6.45, 7) is 3.92. The molecule has 1 heterocycles. The molecule has 0 spiro atoms. The van der Waals surface area contributed by atoms with Crippen molar-refractivity contribution in [3.63, 3.8) is 0 Å². The van der Waals surface area contributed by atoms with Gasteiger partial charge >= 0.3 is 5.97 Å². The monoisotopic (exact) mass is 248 g/mol. The first kappa shape index (κ1) is 12.6. The SMILES string of the molecule is CC(C)C(CO)n1cnc2cccc(C(=O)O)c21. The number of nitrogens with zero attached hydrogens (tertiary/aromatic N) is 2. The van der Waals surface area contributed by atoms with Gasteiger partial charge in [0.05, 0.1) is 35.6 Å². The van der Waals surface area contributed by atoms with Crippen molar-refractivity contribution in [3.8, 4) is 0 Å². The third kappa shape index (κ3) is 1.97. The number of rotatable bonds is 4. The Labute approximate surface area is 105 Å². The summed E-state index contributed by atoms with van der Waals surface area (Å²) in [5.74, 6) is -0.794. The molecule has 0 fully saturated rings. The number of imidazole rings is 1. The molecule has 0 bridgehead atoms. The number of aromatic carboxylic acids is 1. The van der Waals surface area contributed by atoms with Crippen LogP contribution in [0.5, 0.6) is 0 Å². The number of hydrogen-bond donors (Lipinski definition) is 2. The maximum atomic E-state index is 11.2. The molecule has 0 aliphatic carbocycles. The fraction of sp³-hybridized carbons (Fsp3) is 0.385. The lowest BCUT2D eigenvalue weighted by Crippen LogP contribution is -2.19. The van der Waals surface area contributed by atoms with Crippen LogP contribution in [0.25, 0.3) is 11.0 Å². The molecule has 1 unspecified atom stereocenters. The van der Waals surface area contributed by atoms with Gasteiger partial charge in [0.15, 0.2) is 0 Å². The molecule has 1 aromatic heterocycles. The first-order valence-corrected chi connectivity index (χ1v) is 5.86. The van der Waals surface area contributed by atoms with Crippen LogP contribution in [0.3, 0.4) is 0 Å². The minimum atomic E-state index is -0.984. The Hall–Kier alpha value is -1.88. The van der Waals surface area contributed by atoms with Crippen molar-refractivity contribution in [1.82, 2.24) is 9.55 Å². The standard InChI is InChI=1S/C13H16N2O3/c1-8(2)11(6-16)15-7-14-10-5-3-4-9(12(10)15)13(17)18/h3-5,7-8,11,16H,6H2,1-2H3,(H,17,18). The number of benzene rings is 1. The molecule has 5 heteroatoms. The number of aliphatic hydroxyl groups is 1. The van der Waals surface area contributed by atoms with E-state index < -0.39 is 5.97 Å². The Morgan fingerprint density at radius 2 is 2.17 bits per heavy atom. The highest BCUT2D eigenvalue weighted by Crippen LogP contribution is 2.25. The predicted molar refractivity (Wildman–Crippen MR) is 67.7 cm³/mol. The van der Waals surface area contributed by atoms with Crippen LogP contribution in [0.4, 0.5) is 0 Å². The van der Waals surface area contributed by atoms with Gasteiger partial charge in [-0.2, -0.15) is 0 Å². The van der Waals surface area contributed by atoms with Crippen LogP contribution in [0, 0.1) is 5.92 Å². The van der Waals surface area contributed by atoms with Crippen LogP contribution in [-0.4, -0.2) is 32.3 Å². The smallest absolute Gasteiger partial charge is 0.337 e. The zero-order valence-corrected chi connectivity index (χ0v) is 10.4. The van der Waals surface area contributed by atoms with Gasteiger partial charge in [-0.15, -0.1) is 0 Å². The van der Waals surface area contributed by atoms with Crippen molar-refractivity contribution in [2.75, 3.05) is 6.61 Å². The number of hydrogen-bond acceptors (Lipinski definition) is 3. The highest BCUT2D eigenvalue weighted by molar-refractivity contribution is 6.01. The third-order valence-corrected chi connectivity index (χ3v) is 3.14. The molecule has 1 aromatic carbocycles. The van der Waals surface area contributed by atoms with Crippen molar-refractivity contribution < 1.29 is 15.0 Å². The van der Waals surface area contributed by atoms with E-state index in [4.69, 9.17) is 0 Å². The summed E-state index contributed by atoms with van der Waals surface area (Å²) >= 11 is 0. The zero-order chi connectivity index (χ0) is 13.3. The van der Waals surface area contributed by atoms with E-state index in [0.29, 0.717) is 11.0 Å². The average Bonchev–Trinajstić information content (AvgIpc) is 2.73. The van der Waals surface area contributed by atoms with E-state index in [9.17, 15) is 15.0 Å². The minimum absolute atomic E-state index is 0.0446. The molecular formula is C13H16N2O3. The summed E-state index contributed by atoms with van der Waals surface area (Å²) < 4.78 is 1.75. The quantitative estimate of drug-likeness (QED) is 0.866. The van der Waals surface area contributed by atoms with Crippen molar-refractivity contribution in [2.45, 2.75) is 19.9 Å². The molecule has 0 aliphatic heterocycles. The Bertz CT molecular complexity index is 575. The fourth-order valence-electron chi connectivity index (χ4n) is 2.13. The van der Waals surface area contributed by atoms with Crippen molar-refractivity contribution >= 4 is 17.0 Å². The second-order valence-corrected chi connectivity index (χ2v) is 4.62. The summed E-state index contributed by atoms with van der Waals surface area (Å²) in [7, 11) is 0. The largest absolute Gasteiger partial charge is 0.478 e. The Balaban J connectivity index is 2.68. The van der Waals surface area contributed by atoms with Gasteiger partial charge in [0.2, 0.25) is 0 Å². The van der Waals surface area contributed by atoms with Crippen LogP contribution in [0.1, 0.15) is 30.2 Å². The van der Waals surface area contributed by atoms with Gasteiger partial charge in [0.25, 0.3) is 0 Å². The first-order valence-electron chi connectivity index (χ1n) is 5.86.